The van der Waals surface area contributed by atoms with Crippen molar-refractivity contribution in [3.8, 4) is 0 Å². The number of rotatable bonds is 2. The van der Waals surface area contributed by atoms with E-state index in [1.165, 1.54) is 0 Å². The summed E-state index contributed by atoms with van der Waals surface area (Å²) in [6.07, 6.45) is 0. The predicted molar refractivity (Wildman–Crippen MR) is 72.5 cm³/mol. The molecule has 0 aliphatic carbocycles. The fraction of sp³-hybridized carbons (Fsp3) is 0.0769. The van der Waals surface area contributed by atoms with Crippen molar-refractivity contribution in [1.82, 2.24) is 10.1 Å². The van der Waals surface area contributed by atoms with Crippen molar-refractivity contribution in [1.29, 1.82) is 0 Å². The molecule has 0 fully saturated rings. The molecular weight excluding hydrogens is 266 g/mol. The van der Waals surface area contributed by atoms with Gasteiger partial charge in [0.15, 0.2) is 5.82 Å². The first-order valence-electron chi connectivity index (χ1n) is 5.65. The first-order valence-corrected chi connectivity index (χ1v) is 6.02. The second-order valence-electron chi connectivity index (χ2n) is 4.19. The van der Waals surface area contributed by atoms with Crippen LogP contribution in [0.4, 0.5) is 5.82 Å². The second-order valence-corrected chi connectivity index (χ2v) is 4.63. The number of aromatic nitrogens is 2. The molecule has 0 aliphatic heterocycles. The van der Waals surface area contributed by atoms with E-state index in [4.69, 9.17) is 16.1 Å². The zero-order valence-corrected chi connectivity index (χ0v) is 10.8. The van der Waals surface area contributed by atoms with Crippen molar-refractivity contribution in [3.05, 3.63) is 46.8 Å². The number of halogens is 1. The second kappa shape index (κ2) is 4.44. The van der Waals surface area contributed by atoms with Gasteiger partial charge in [-0.3, -0.25) is 4.79 Å². The molecule has 3 aromatic rings. The van der Waals surface area contributed by atoms with Gasteiger partial charge < -0.3 is 14.8 Å². The number of benzene rings is 1. The highest BCUT2D eigenvalue weighted by atomic mass is 35.5. The summed E-state index contributed by atoms with van der Waals surface area (Å²) >= 11 is 5.90. The molecule has 1 amide bonds. The molecule has 96 valence electrons. The number of nitrogens with zero attached hydrogens (tertiary/aromatic N) is 1. The first kappa shape index (κ1) is 11.8. The SMILES string of the molecule is Cc1cc(NC(=O)c2cc3cc(Cl)ccc3[nH]2)no1. The molecule has 0 atom stereocenters. The maximum Gasteiger partial charge on any atom is 0.273 e. The molecule has 0 radical (unpaired) electrons. The number of H-pyrrole nitrogens is 1. The molecule has 0 bridgehead atoms. The minimum Gasteiger partial charge on any atom is -0.360 e. The highest BCUT2D eigenvalue weighted by Crippen LogP contribution is 2.20. The zero-order valence-electron chi connectivity index (χ0n) is 10.0. The van der Waals surface area contributed by atoms with E-state index in [0.29, 0.717) is 22.3 Å². The van der Waals surface area contributed by atoms with Gasteiger partial charge in [-0.1, -0.05) is 16.8 Å². The van der Waals surface area contributed by atoms with Crippen molar-refractivity contribution in [2.24, 2.45) is 0 Å². The van der Waals surface area contributed by atoms with Crippen LogP contribution in [0.5, 0.6) is 0 Å². The summed E-state index contributed by atoms with van der Waals surface area (Å²) < 4.78 is 4.88. The quantitative estimate of drug-likeness (QED) is 0.753. The number of hydrogen-bond acceptors (Lipinski definition) is 3. The standard InChI is InChI=1S/C13H10ClN3O2/c1-7-4-12(17-19-7)16-13(18)11-6-8-5-9(14)2-3-10(8)15-11/h2-6,15H,1H3,(H,16,17,18). The molecule has 2 heterocycles. The van der Waals surface area contributed by atoms with E-state index >= 15 is 0 Å². The van der Waals surface area contributed by atoms with E-state index in [2.05, 4.69) is 15.5 Å². The molecule has 5 nitrogen and oxygen atoms in total. The molecule has 0 spiro atoms. The monoisotopic (exact) mass is 275 g/mol. The average molecular weight is 276 g/mol. The van der Waals surface area contributed by atoms with Crippen LogP contribution in [0, 0.1) is 6.92 Å². The Morgan fingerprint density at radius 1 is 1.37 bits per heavy atom. The zero-order chi connectivity index (χ0) is 13.4. The van der Waals surface area contributed by atoms with Crippen LogP contribution in [-0.4, -0.2) is 16.0 Å². The van der Waals surface area contributed by atoms with Crippen molar-refractivity contribution < 1.29 is 9.32 Å². The lowest BCUT2D eigenvalue weighted by Crippen LogP contribution is -2.12. The van der Waals surface area contributed by atoms with Crippen LogP contribution in [0.25, 0.3) is 10.9 Å². The maximum atomic E-state index is 12.0. The Morgan fingerprint density at radius 3 is 2.95 bits per heavy atom. The summed E-state index contributed by atoms with van der Waals surface area (Å²) in [5.41, 5.74) is 1.30. The molecule has 1 aromatic carbocycles. The fourth-order valence-electron chi connectivity index (χ4n) is 1.83. The third kappa shape index (κ3) is 2.32. The van der Waals surface area contributed by atoms with Crippen molar-refractivity contribution >= 4 is 34.2 Å². The van der Waals surface area contributed by atoms with Crippen LogP contribution in [0.15, 0.2) is 34.9 Å². The van der Waals surface area contributed by atoms with Gasteiger partial charge in [0.1, 0.15) is 11.5 Å². The normalized spacial score (nSPS) is 10.8. The summed E-state index contributed by atoms with van der Waals surface area (Å²) in [6.45, 7) is 1.76. The lowest BCUT2D eigenvalue weighted by Gasteiger charge is -1.97. The van der Waals surface area contributed by atoms with Gasteiger partial charge in [-0.15, -0.1) is 0 Å². The van der Waals surface area contributed by atoms with Gasteiger partial charge in [0.05, 0.1) is 0 Å². The molecule has 0 unspecified atom stereocenters. The lowest BCUT2D eigenvalue weighted by molar-refractivity contribution is 0.102. The number of aromatic amines is 1. The van der Waals surface area contributed by atoms with Gasteiger partial charge in [-0.2, -0.15) is 0 Å². The van der Waals surface area contributed by atoms with Crippen LogP contribution in [0.1, 0.15) is 16.2 Å². The smallest absolute Gasteiger partial charge is 0.273 e. The Bertz CT molecular complexity index is 760. The van der Waals surface area contributed by atoms with Crippen molar-refractivity contribution in [2.45, 2.75) is 6.92 Å². The molecule has 6 heteroatoms. The van der Waals surface area contributed by atoms with E-state index in [0.717, 1.165) is 10.9 Å². The Kier molecular flexibility index (Phi) is 2.76. The highest BCUT2D eigenvalue weighted by Gasteiger charge is 2.11. The van der Waals surface area contributed by atoms with Crippen LogP contribution in [0.3, 0.4) is 0 Å². The van der Waals surface area contributed by atoms with E-state index < -0.39 is 0 Å². The number of carbonyl (C=O) groups is 1. The summed E-state index contributed by atoms with van der Waals surface area (Å²) in [5.74, 6) is 0.749. The number of nitrogens with one attached hydrogen (secondary N) is 2. The highest BCUT2D eigenvalue weighted by molar-refractivity contribution is 6.31. The van der Waals surface area contributed by atoms with Crippen LogP contribution >= 0.6 is 11.6 Å². The van der Waals surface area contributed by atoms with E-state index in [1.54, 1.807) is 31.2 Å². The van der Waals surface area contributed by atoms with E-state index in [9.17, 15) is 4.79 Å². The van der Waals surface area contributed by atoms with Gasteiger partial charge in [-0.25, -0.2) is 0 Å². The van der Waals surface area contributed by atoms with Gasteiger partial charge in [0, 0.05) is 22.0 Å². The van der Waals surface area contributed by atoms with Gasteiger partial charge in [-0.05, 0) is 31.2 Å². The summed E-state index contributed by atoms with van der Waals surface area (Å²) in [6, 6.07) is 8.78. The summed E-state index contributed by atoms with van der Waals surface area (Å²) in [5, 5.41) is 7.87. The summed E-state index contributed by atoms with van der Waals surface area (Å²) in [7, 11) is 0. The van der Waals surface area contributed by atoms with Gasteiger partial charge in [0.25, 0.3) is 5.91 Å². The molecule has 0 aliphatic rings. The molecule has 0 saturated heterocycles. The number of fused-ring (bicyclic) bond motifs is 1. The topological polar surface area (TPSA) is 70.9 Å². The largest absolute Gasteiger partial charge is 0.360 e. The Labute approximate surface area is 113 Å². The third-order valence-electron chi connectivity index (χ3n) is 2.70. The van der Waals surface area contributed by atoms with Crippen LogP contribution in [-0.2, 0) is 0 Å². The number of anilines is 1. The van der Waals surface area contributed by atoms with Gasteiger partial charge in [0.2, 0.25) is 0 Å². The Balaban J connectivity index is 1.89. The third-order valence-corrected chi connectivity index (χ3v) is 2.93. The first-order chi connectivity index (χ1) is 9.11. The van der Waals surface area contributed by atoms with E-state index in [1.807, 2.05) is 6.07 Å². The Hall–Kier alpha value is -2.27. The van der Waals surface area contributed by atoms with Crippen molar-refractivity contribution in [2.75, 3.05) is 5.32 Å². The molecular formula is C13H10ClN3O2. The molecule has 2 N–H and O–H groups in total. The number of carbonyl (C=O) groups excluding carboxylic acids is 1. The number of amides is 1. The van der Waals surface area contributed by atoms with Crippen LogP contribution in [0.2, 0.25) is 5.02 Å². The predicted octanol–water partition coefficient (Wildman–Crippen LogP) is 3.37. The molecule has 19 heavy (non-hydrogen) atoms. The lowest BCUT2D eigenvalue weighted by atomic mass is 10.2. The molecule has 0 saturated carbocycles. The van der Waals surface area contributed by atoms with Crippen LogP contribution < -0.4 is 5.32 Å². The maximum absolute atomic E-state index is 12.0. The number of hydrogen-bond donors (Lipinski definition) is 2. The minimum absolute atomic E-state index is 0.277. The van der Waals surface area contributed by atoms with Crippen molar-refractivity contribution in [3.63, 3.8) is 0 Å². The fourth-order valence-corrected chi connectivity index (χ4v) is 2.02. The number of aryl methyl sites for hydroxylation is 1. The van der Waals surface area contributed by atoms with Gasteiger partial charge >= 0.3 is 0 Å². The average Bonchev–Trinajstić information content (AvgIpc) is 2.95. The Morgan fingerprint density at radius 2 is 2.21 bits per heavy atom. The molecule has 3 rings (SSSR count). The molecule has 2 aromatic heterocycles. The van der Waals surface area contributed by atoms with E-state index in [-0.39, 0.29) is 5.91 Å². The summed E-state index contributed by atoms with van der Waals surface area (Å²) in [4.78, 5) is 15.0. The minimum atomic E-state index is -0.277.